The Balaban J connectivity index is 1.97. The van der Waals surface area contributed by atoms with Gasteiger partial charge in [0.05, 0.1) is 16.6 Å². The number of aliphatic hydroxyl groups is 2. The van der Waals surface area contributed by atoms with Crippen molar-refractivity contribution in [3.63, 3.8) is 0 Å². The van der Waals surface area contributed by atoms with Gasteiger partial charge in [-0.2, -0.15) is 8.42 Å². The van der Waals surface area contributed by atoms with E-state index in [-0.39, 0.29) is 5.82 Å². The lowest BCUT2D eigenvalue weighted by Crippen LogP contribution is -2.38. The van der Waals surface area contributed by atoms with Crippen molar-refractivity contribution in [3.8, 4) is 0 Å². The fourth-order valence-electron chi connectivity index (χ4n) is 3.49. The average Bonchev–Trinajstić information content (AvgIpc) is 3.28. The monoisotopic (exact) mass is 558 g/mol. The number of amidine groups is 1. The van der Waals surface area contributed by atoms with E-state index in [9.17, 15) is 36.6 Å². The van der Waals surface area contributed by atoms with Crippen molar-refractivity contribution in [1.82, 2.24) is 9.97 Å². The van der Waals surface area contributed by atoms with E-state index in [1.54, 1.807) is 24.3 Å². The molecule has 0 fully saturated rings. The number of allylic oxidation sites excluding steroid dienone is 1. The van der Waals surface area contributed by atoms with Crippen molar-refractivity contribution < 1.29 is 36.6 Å². The number of ketones is 1. The lowest BCUT2D eigenvalue weighted by Gasteiger charge is -2.16. The number of rotatable bonds is 7. The number of Topliss-reactive ketones (excluding diaryl/α,β-unsaturated/α-hetero) is 1. The van der Waals surface area contributed by atoms with Gasteiger partial charge < -0.3 is 20.9 Å². The van der Waals surface area contributed by atoms with Crippen molar-refractivity contribution in [2.45, 2.75) is 24.3 Å². The summed E-state index contributed by atoms with van der Waals surface area (Å²) in [5, 5.41) is 21.1. The summed E-state index contributed by atoms with van der Waals surface area (Å²) in [4.78, 5) is 19.5. The summed E-state index contributed by atoms with van der Waals surface area (Å²) in [5.41, 5.74) is 2.70. The number of nitrogens with one attached hydrogen (secondary N) is 1. The van der Waals surface area contributed by atoms with Gasteiger partial charge in [0.15, 0.2) is 0 Å². The van der Waals surface area contributed by atoms with Gasteiger partial charge in [-0.05, 0) is 62.4 Å². The maximum Gasteiger partial charge on any atom is 0.286 e. The molecular formula is C26H21F3N4O5S. The number of benzene rings is 3. The zero-order valence-electron chi connectivity index (χ0n) is 20.4. The van der Waals surface area contributed by atoms with Gasteiger partial charge in [0.1, 0.15) is 50.9 Å². The lowest BCUT2D eigenvalue weighted by molar-refractivity contribution is 0.105. The number of para-hydroxylation sites is 2. The van der Waals surface area contributed by atoms with Crippen LogP contribution in [0.2, 0.25) is 0 Å². The molecule has 0 aliphatic carbocycles. The quantitative estimate of drug-likeness (QED) is 0.0874. The minimum absolute atomic E-state index is 0.250. The van der Waals surface area contributed by atoms with Gasteiger partial charge in [-0.1, -0.05) is 12.1 Å². The van der Waals surface area contributed by atoms with Gasteiger partial charge in [-0.3, -0.25) is 4.79 Å². The van der Waals surface area contributed by atoms with E-state index in [0.29, 0.717) is 29.2 Å². The second-order valence-corrected chi connectivity index (χ2v) is 10.5. The molecule has 202 valence electrons. The molecule has 3 aromatic carbocycles. The average molecular weight is 559 g/mol. The smallest absolute Gasteiger partial charge is 0.286 e. The van der Waals surface area contributed by atoms with E-state index < -0.39 is 72.0 Å². The number of aromatic amines is 1. The molecule has 0 spiro atoms. The highest BCUT2D eigenvalue weighted by atomic mass is 32.2. The van der Waals surface area contributed by atoms with Crippen LogP contribution in [0.25, 0.3) is 22.4 Å². The first kappa shape index (κ1) is 27.5. The fourth-order valence-corrected chi connectivity index (χ4v) is 4.66. The number of carbonyl (C=O) groups excluding carboxylic acids is 1. The predicted molar refractivity (Wildman–Crippen MR) is 138 cm³/mol. The van der Waals surface area contributed by atoms with Crippen LogP contribution in [0.1, 0.15) is 35.6 Å². The Bertz CT molecular complexity index is 1760. The third-order valence-electron chi connectivity index (χ3n) is 5.59. The van der Waals surface area contributed by atoms with Gasteiger partial charge in [-0.25, -0.2) is 18.2 Å². The molecule has 1 aromatic heterocycles. The molecule has 0 saturated carbocycles. The minimum atomic E-state index is -4.85. The number of aromatic nitrogens is 2. The van der Waals surface area contributed by atoms with E-state index in [1.807, 2.05) is 0 Å². The predicted octanol–water partition coefficient (Wildman–Crippen LogP) is 4.11. The van der Waals surface area contributed by atoms with Crippen LogP contribution in [0.5, 0.6) is 0 Å². The maximum atomic E-state index is 14.6. The summed E-state index contributed by atoms with van der Waals surface area (Å²) in [5.74, 6) is -6.39. The molecule has 0 bridgehead atoms. The number of aliphatic hydroxyl groups excluding tert-OH is 1. The number of nitrogens with zero attached hydrogens (tertiary/aromatic N) is 2. The first-order valence-corrected chi connectivity index (χ1v) is 12.6. The van der Waals surface area contributed by atoms with Crippen molar-refractivity contribution in [1.29, 1.82) is 0 Å². The van der Waals surface area contributed by atoms with Gasteiger partial charge in [0.2, 0.25) is 5.78 Å². The highest BCUT2D eigenvalue weighted by molar-refractivity contribution is 7.90. The van der Waals surface area contributed by atoms with Crippen LogP contribution in [0.3, 0.4) is 0 Å². The number of hydrogen-bond acceptors (Lipinski definition) is 6. The maximum absolute atomic E-state index is 14.6. The van der Waals surface area contributed by atoms with Crippen LogP contribution in [-0.4, -0.2) is 45.8 Å². The molecule has 13 heteroatoms. The minimum Gasteiger partial charge on any atom is -0.506 e. The number of halogens is 3. The van der Waals surface area contributed by atoms with Crippen LogP contribution in [-0.2, 0) is 10.0 Å². The van der Waals surface area contributed by atoms with Crippen LogP contribution in [0.4, 0.5) is 13.2 Å². The Kier molecular flexibility index (Phi) is 7.06. The first-order valence-electron chi connectivity index (χ1n) is 11.2. The molecule has 0 saturated heterocycles. The molecule has 4 aromatic rings. The van der Waals surface area contributed by atoms with Gasteiger partial charge in [0.25, 0.3) is 10.0 Å². The molecule has 0 amide bonds. The summed E-state index contributed by atoms with van der Waals surface area (Å²) < 4.78 is 71.9. The van der Waals surface area contributed by atoms with Crippen LogP contribution >= 0.6 is 0 Å². The van der Waals surface area contributed by atoms with Crippen molar-refractivity contribution >= 4 is 44.0 Å². The summed E-state index contributed by atoms with van der Waals surface area (Å²) in [6.45, 7) is 2.33. The molecule has 39 heavy (non-hydrogen) atoms. The van der Waals surface area contributed by atoms with Gasteiger partial charge in [0, 0.05) is 5.56 Å². The SMILES string of the molecule is CC(C)(O)/C(N)=N/S(=O)(=O)c1cc(/C(O)=C(\C(=O)c2cc(F)ccc2F)c2nc3ccccc3[nH]2)ccc1F. The molecule has 5 N–H and O–H groups in total. The molecule has 4 rings (SSSR count). The van der Waals surface area contributed by atoms with Crippen molar-refractivity contribution in [3.05, 3.63) is 95.1 Å². The highest BCUT2D eigenvalue weighted by Crippen LogP contribution is 2.31. The van der Waals surface area contributed by atoms with E-state index in [0.717, 1.165) is 18.2 Å². The van der Waals surface area contributed by atoms with Crippen LogP contribution in [0.15, 0.2) is 70.0 Å². The third kappa shape index (κ3) is 5.54. The number of nitrogens with two attached hydrogens (primary N) is 1. The second kappa shape index (κ2) is 10.0. The topological polar surface area (TPSA) is 159 Å². The summed E-state index contributed by atoms with van der Waals surface area (Å²) >= 11 is 0. The summed E-state index contributed by atoms with van der Waals surface area (Å²) in [6, 6.07) is 11.0. The van der Waals surface area contributed by atoms with Crippen LogP contribution in [0, 0.1) is 17.5 Å². The number of imidazole rings is 1. The van der Waals surface area contributed by atoms with Crippen molar-refractivity contribution in [2.75, 3.05) is 0 Å². The van der Waals surface area contributed by atoms with Crippen LogP contribution < -0.4 is 5.73 Å². The van der Waals surface area contributed by atoms with E-state index in [4.69, 9.17) is 5.73 Å². The van der Waals surface area contributed by atoms with Crippen molar-refractivity contribution in [2.24, 2.45) is 10.1 Å². The Morgan fingerprint density at radius 3 is 2.36 bits per heavy atom. The highest BCUT2D eigenvalue weighted by Gasteiger charge is 2.29. The largest absolute Gasteiger partial charge is 0.506 e. The summed E-state index contributed by atoms with van der Waals surface area (Å²) in [6.07, 6.45) is 0. The van der Waals surface area contributed by atoms with Gasteiger partial charge in [-0.15, -0.1) is 4.40 Å². The molecule has 0 atom stereocenters. The Morgan fingerprint density at radius 1 is 1.03 bits per heavy atom. The number of fused-ring (bicyclic) bond motifs is 1. The number of carbonyl (C=O) groups is 1. The molecule has 1 heterocycles. The normalized spacial score (nSPS) is 13.4. The molecule has 0 radical (unpaired) electrons. The molecule has 0 unspecified atom stereocenters. The number of H-pyrrole nitrogens is 1. The fraction of sp³-hybridized carbons (Fsp3) is 0.115. The van der Waals surface area contributed by atoms with E-state index >= 15 is 0 Å². The Hall–Kier alpha value is -4.49. The summed E-state index contributed by atoms with van der Waals surface area (Å²) in [7, 11) is -4.85. The van der Waals surface area contributed by atoms with E-state index in [2.05, 4.69) is 14.4 Å². The third-order valence-corrected chi connectivity index (χ3v) is 6.90. The first-order chi connectivity index (χ1) is 18.2. The zero-order chi connectivity index (χ0) is 28.7. The zero-order valence-corrected chi connectivity index (χ0v) is 21.2. The standard InChI is InChI=1S/C26H21F3N4O5S/c1-26(2,36)25(30)33-39(37,38)20-11-13(7-9-17(20)29)22(34)21(23(35)15-12-14(27)8-10-16(15)28)24-31-18-5-3-4-6-19(18)32-24/h3-12,34,36H,1-2H3,(H2,30,33)(H,31,32)/b22-21-. The Labute approximate surface area is 220 Å². The number of hydrogen-bond donors (Lipinski definition) is 4. The molecule has 9 nitrogen and oxygen atoms in total. The molecular weight excluding hydrogens is 537 g/mol. The van der Waals surface area contributed by atoms with E-state index in [1.165, 1.54) is 13.8 Å². The second-order valence-electron chi connectivity index (χ2n) is 8.94. The van der Waals surface area contributed by atoms with Gasteiger partial charge >= 0.3 is 0 Å². The number of sulfonamides is 1. The Morgan fingerprint density at radius 2 is 1.69 bits per heavy atom. The lowest BCUT2D eigenvalue weighted by atomic mass is 9.98. The molecule has 0 aliphatic rings. The molecule has 0 aliphatic heterocycles.